The molecule has 0 unspecified atom stereocenters. The summed E-state index contributed by atoms with van der Waals surface area (Å²) >= 11 is 1.40. The van der Waals surface area contributed by atoms with Crippen LogP contribution in [0.25, 0.3) is 0 Å². The molecule has 0 atom stereocenters. The summed E-state index contributed by atoms with van der Waals surface area (Å²) in [7, 11) is 0. The summed E-state index contributed by atoms with van der Waals surface area (Å²) in [4.78, 5) is 12.2. The van der Waals surface area contributed by atoms with Crippen LogP contribution in [0.3, 0.4) is 0 Å². The third kappa shape index (κ3) is 4.36. The first-order valence-corrected chi connectivity index (χ1v) is 7.25. The number of benzene rings is 2. The number of hydrogen-bond donors (Lipinski definition) is 0. The average Bonchev–Trinajstić information content (AvgIpc) is 2.45. The minimum atomic E-state index is -4.32. The summed E-state index contributed by atoms with van der Waals surface area (Å²) in [5.41, 5.74) is 0.560. The Morgan fingerprint density at radius 1 is 1.10 bits per heavy atom. The van der Waals surface area contributed by atoms with Crippen molar-refractivity contribution in [3.8, 4) is 0 Å². The molecule has 0 radical (unpaired) electrons. The van der Waals surface area contributed by atoms with E-state index in [1.165, 1.54) is 24.8 Å². The van der Waals surface area contributed by atoms with E-state index in [0.29, 0.717) is 16.9 Å². The van der Waals surface area contributed by atoms with Crippen LogP contribution in [-0.4, -0.2) is 5.78 Å². The number of halogens is 3. The highest BCUT2D eigenvalue weighted by Gasteiger charge is 2.30. The number of ketones is 1. The van der Waals surface area contributed by atoms with Crippen molar-refractivity contribution in [3.63, 3.8) is 0 Å². The standard InChI is InChI=1S/C16H13F3OS/c1-11(20)13-5-3-7-15(9-13)21-10-12-4-2-6-14(8-12)16(17,18)19/h2-9H,10H2,1H3. The van der Waals surface area contributed by atoms with Gasteiger partial charge in [-0.15, -0.1) is 11.8 Å². The molecule has 0 aliphatic rings. The number of carbonyl (C=O) groups excluding carboxylic acids is 1. The molecule has 0 amide bonds. The van der Waals surface area contributed by atoms with Crippen LogP contribution in [0.1, 0.15) is 28.4 Å². The van der Waals surface area contributed by atoms with E-state index in [1.54, 1.807) is 24.3 Å². The van der Waals surface area contributed by atoms with Gasteiger partial charge in [0.25, 0.3) is 0 Å². The van der Waals surface area contributed by atoms with Crippen molar-refractivity contribution in [1.82, 2.24) is 0 Å². The fourth-order valence-corrected chi connectivity index (χ4v) is 2.71. The second-order valence-corrected chi connectivity index (χ2v) is 5.62. The molecule has 1 nitrogen and oxygen atoms in total. The predicted molar refractivity (Wildman–Crippen MR) is 77.5 cm³/mol. The lowest BCUT2D eigenvalue weighted by Gasteiger charge is -2.09. The second-order valence-electron chi connectivity index (χ2n) is 4.57. The summed E-state index contributed by atoms with van der Waals surface area (Å²) in [5.74, 6) is 0.391. The Morgan fingerprint density at radius 3 is 2.48 bits per heavy atom. The monoisotopic (exact) mass is 310 g/mol. The lowest BCUT2D eigenvalue weighted by molar-refractivity contribution is -0.137. The van der Waals surface area contributed by atoms with Gasteiger partial charge < -0.3 is 0 Å². The number of alkyl halides is 3. The van der Waals surface area contributed by atoms with Crippen LogP contribution in [0.15, 0.2) is 53.4 Å². The van der Waals surface area contributed by atoms with Gasteiger partial charge in [-0.1, -0.05) is 30.3 Å². The first kappa shape index (κ1) is 15.6. The van der Waals surface area contributed by atoms with Crippen LogP contribution in [0.4, 0.5) is 13.2 Å². The molecule has 2 aromatic rings. The third-order valence-electron chi connectivity index (χ3n) is 2.90. The maximum atomic E-state index is 12.6. The van der Waals surface area contributed by atoms with E-state index in [1.807, 2.05) is 6.07 Å². The largest absolute Gasteiger partial charge is 0.416 e. The highest BCUT2D eigenvalue weighted by molar-refractivity contribution is 7.98. The summed E-state index contributed by atoms with van der Waals surface area (Å²) in [5, 5.41) is 0. The molecule has 0 aliphatic carbocycles. The fraction of sp³-hybridized carbons (Fsp3) is 0.188. The summed E-state index contributed by atoms with van der Waals surface area (Å²) in [6.07, 6.45) is -4.32. The van der Waals surface area contributed by atoms with E-state index in [2.05, 4.69) is 0 Å². The van der Waals surface area contributed by atoms with E-state index in [4.69, 9.17) is 0 Å². The van der Waals surface area contributed by atoms with Crippen LogP contribution in [0.2, 0.25) is 0 Å². The molecule has 2 aromatic carbocycles. The number of thioether (sulfide) groups is 1. The highest BCUT2D eigenvalue weighted by Crippen LogP contribution is 2.31. The Kier molecular flexibility index (Phi) is 4.73. The zero-order valence-corrected chi connectivity index (χ0v) is 12.1. The van der Waals surface area contributed by atoms with Gasteiger partial charge in [-0.2, -0.15) is 13.2 Å². The first-order valence-electron chi connectivity index (χ1n) is 6.26. The first-order chi connectivity index (χ1) is 9.86. The topological polar surface area (TPSA) is 17.1 Å². The number of hydrogen-bond acceptors (Lipinski definition) is 2. The predicted octanol–water partition coefficient (Wildman–Crippen LogP) is 5.20. The molecule has 0 aliphatic heterocycles. The Labute approximate surface area is 125 Å². The molecule has 0 saturated heterocycles. The molecule has 21 heavy (non-hydrogen) atoms. The van der Waals surface area contributed by atoms with Gasteiger partial charge in [0.15, 0.2) is 5.78 Å². The van der Waals surface area contributed by atoms with Gasteiger partial charge in [0.05, 0.1) is 5.56 Å². The molecular formula is C16H13F3OS. The van der Waals surface area contributed by atoms with Crippen molar-refractivity contribution in [1.29, 1.82) is 0 Å². The molecule has 0 saturated carbocycles. The molecule has 0 bridgehead atoms. The Morgan fingerprint density at radius 2 is 1.81 bits per heavy atom. The molecule has 110 valence electrons. The van der Waals surface area contributed by atoms with Gasteiger partial charge in [0.2, 0.25) is 0 Å². The number of carbonyl (C=O) groups is 1. The van der Waals surface area contributed by atoms with Gasteiger partial charge in [0.1, 0.15) is 0 Å². The van der Waals surface area contributed by atoms with Gasteiger partial charge in [-0.25, -0.2) is 0 Å². The second kappa shape index (κ2) is 6.35. The van der Waals surface area contributed by atoms with E-state index in [9.17, 15) is 18.0 Å². The van der Waals surface area contributed by atoms with Crippen LogP contribution in [0.5, 0.6) is 0 Å². The molecular weight excluding hydrogens is 297 g/mol. The van der Waals surface area contributed by atoms with Crippen molar-refractivity contribution < 1.29 is 18.0 Å². The van der Waals surface area contributed by atoms with Crippen LogP contribution < -0.4 is 0 Å². The van der Waals surface area contributed by atoms with E-state index >= 15 is 0 Å². The minimum Gasteiger partial charge on any atom is -0.295 e. The van der Waals surface area contributed by atoms with Gasteiger partial charge >= 0.3 is 6.18 Å². The lowest BCUT2D eigenvalue weighted by atomic mass is 10.1. The Balaban J connectivity index is 2.10. The van der Waals surface area contributed by atoms with Crippen molar-refractivity contribution in [2.75, 3.05) is 0 Å². The lowest BCUT2D eigenvalue weighted by Crippen LogP contribution is -2.04. The van der Waals surface area contributed by atoms with Crippen LogP contribution in [0, 0.1) is 0 Å². The normalized spacial score (nSPS) is 11.4. The van der Waals surface area contributed by atoms with E-state index in [0.717, 1.165) is 17.0 Å². The average molecular weight is 310 g/mol. The molecule has 0 heterocycles. The fourth-order valence-electron chi connectivity index (χ4n) is 1.81. The third-order valence-corrected chi connectivity index (χ3v) is 3.97. The molecule has 0 aromatic heterocycles. The van der Waals surface area contributed by atoms with E-state index in [-0.39, 0.29) is 5.78 Å². The van der Waals surface area contributed by atoms with Gasteiger partial charge in [-0.3, -0.25) is 4.79 Å². The summed E-state index contributed by atoms with van der Waals surface area (Å²) in [6.45, 7) is 1.48. The highest BCUT2D eigenvalue weighted by atomic mass is 32.2. The summed E-state index contributed by atoms with van der Waals surface area (Å²) < 4.78 is 37.9. The van der Waals surface area contributed by atoms with Crippen molar-refractivity contribution in [3.05, 3.63) is 65.2 Å². The van der Waals surface area contributed by atoms with E-state index < -0.39 is 11.7 Å². The number of rotatable bonds is 4. The molecule has 2 rings (SSSR count). The van der Waals surface area contributed by atoms with Gasteiger partial charge in [-0.05, 0) is 30.7 Å². The van der Waals surface area contributed by atoms with Crippen molar-refractivity contribution in [2.24, 2.45) is 0 Å². The van der Waals surface area contributed by atoms with Crippen LogP contribution >= 0.6 is 11.8 Å². The van der Waals surface area contributed by atoms with Gasteiger partial charge in [0, 0.05) is 16.2 Å². The van der Waals surface area contributed by atoms with Crippen LogP contribution in [-0.2, 0) is 11.9 Å². The molecule has 5 heteroatoms. The quantitative estimate of drug-likeness (QED) is 0.570. The van der Waals surface area contributed by atoms with Crippen molar-refractivity contribution in [2.45, 2.75) is 23.7 Å². The zero-order chi connectivity index (χ0) is 15.5. The zero-order valence-electron chi connectivity index (χ0n) is 11.3. The SMILES string of the molecule is CC(=O)c1cccc(SCc2cccc(C(F)(F)F)c2)c1. The summed E-state index contributed by atoms with van der Waals surface area (Å²) in [6, 6.07) is 12.4. The minimum absolute atomic E-state index is 0.0310. The molecule has 0 spiro atoms. The molecule has 0 N–H and O–H groups in total. The maximum absolute atomic E-state index is 12.6. The molecule has 0 fully saturated rings. The Bertz CT molecular complexity index is 650. The number of Topliss-reactive ketones (excluding diaryl/α,β-unsaturated/α-hetero) is 1. The smallest absolute Gasteiger partial charge is 0.295 e. The maximum Gasteiger partial charge on any atom is 0.416 e. The van der Waals surface area contributed by atoms with Crippen molar-refractivity contribution >= 4 is 17.5 Å². The Hall–Kier alpha value is -1.75.